The predicted octanol–water partition coefficient (Wildman–Crippen LogP) is 6.79. The molecule has 0 spiro atoms. The Morgan fingerprint density at radius 2 is 1.75 bits per heavy atom. The second-order valence-corrected chi connectivity index (χ2v) is 9.46. The molecule has 214 valence electrons. The number of amides is 1. The van der Waals surface area contributed by atoms with E-state index >= 15 is 0 Å². The number of morpholine rings is 1. The first-order valence-corrected chi connectivity index (χ1v) is 13.8. The topological polar surface area (TPSA) is 89.5 Å². The summed E-state index contributed by atoms with van der Waals surface area (Å²) in [6, 6.07) is 12.6. The number of ether oxygens (including phenoxy) is 2. The van der Waals surface area contributed by atoms with Gasteiger partial charge in [0, 0.05) is 34.8 Å². The van der Waals surface area contributed by atoms with E-state index in [1.54, 1.807) is 24.1 Å². The lowest BCUT2D eigenvalue weighted by atomic mass is 10.1. The van der Waals surface area contributed by atoms with E-state index in [4.69, 9.17) is 9.47 Å². The molecule has 1 saturated heterocycles. The Morgan fingerprint density at radius 1 is 1.02 bits per heavy atom. The van der Waals surface area contributed by atoms with E-state index in [0.29, 0.717) is 29.2 Å². The molecule has 0 aliphatic carbocycles. The van der Waals surface area contributed by atoms with Crippen LogP contribution in [0.15, 0.2) is 59.5 Å². The Hall–Kier alpha value is -3.63. The Labute approximate surface area is 244 Å². The number of pyridine rings is 1. The summed E-state index contributed by atoms with van der Waals surface area (Å²) in [6.45, 7) is 12.9. The zero-order valence-corrected chi connectivity index (χ0v) is 25.5. The summed E-state index contributed by atoms with van der Waals surface area (Å²) in [6.07, 6.45) is 4.19. The van der Waals surface area contributed by atoms with E-state index in [1.807, 2.05) is 59.0 Å². The number of aromatic nitrogens is 3. The number of hydrogen-bond acceptors (Lipinski definition) is 7. The van der Waals surface area contributed by atoms with Crippen LogP contribution in [0.1, 0.15) is 30.7 Å². The maximum Gasteiger partial charge on any atom is 0.209 e. The normalized spacial score (nSPS) is 12.1. The van der Waals surface area contributed by atoms with E-state index in [2.05, 4.69) is 42.3 Å². The summed E-state index contributed by atoms with van der Waals surface area (Å²) in [5.74, 6) is 0.909. The van der Waals surface area contributed by atoms with E-state index in [9.17, 15) is 9.18 Å². The largest absolute Gasteiger partial charge is 0.496 e. The number of benzene rings is 2. The van der Waals surface area contributed by atoms with Crippen molar-refractivity contribution in [3.05, 3.63) is 82.1 Å². The van der Waals surface area contributed by atoms with Gasteiger partial charge in [-0.05, 0) is 68.3 Å². The van der Waals surface area contributed by atoms with E-state index in [-0.39, 0.29) is 5.82 Å². The number of halogens is 2. The van der Waals surface area contributed by atoms with Gasteiger partial charge >= 0.3 is 0 Å². The molecule has 2 aromatic heterocycles. The summed E-state index contributed by atoms with van der Waals surface area (Å²) in [4.78, 5) is 24.3. The first-order chi connectivity index (χ1) is 19.3. The molecular formula is C30H37BrFN5O3. The fourth-order valence-corrected chi connectivity index (χ4v) is 3.78. The van der Waals surface area contributed by atoms with Gasteiger partial charge in [-0.2, -0.15) is 0 Å². The number of anilines is 2. The van der Waals surface area contributed by atoms with Gasteiger partial charge in [0.25, 0.3) is 0 Å². The van der Waals surface area contributed by atoms with Crippen LogP contribution in [0.5, 0.6) is 5.75 Å². The molecule has 2 aromatic carbocycles. The molecule has 1 amide bonds. The van der Waals surface area contributed by atoms with Crippen LogP contribution >= 0.6 is 15.9 Å². The lowest BCUT2D eigenvalue weighted by Crippen LogP contribution is -2.34. The van der Waals surface area contributed by atoms with Crippen LogP contribution in [0.4, 0.5) is 15.9 Å². The molecule has 8 nitrogen and oxygen atoms in total. The van der Waals surface area contributed by atoms with Crippen molar-refractivity contribution in [2.45, 2.75) is 34.6 Å². The monoisotopic (exact) mass is 613 g/mol. The number of methoxy groups -OCH3 is 1. The van der Waals surface area contributed by atoms with Gasteiger partial charge in [0.05, 0.1) is 31.5 Å². The molecule has 1 fully saturated rings. The summed E-state index contributed by atoms with van der Waals surface area (Å²) >= 11 is 3.24. The van der Waals surface area contributed by atoms with Gasteiger partial charge in [-0.3, -0.25) is 9.78 Å². The number of carbonyl (C=O) groups is 1. The summed E-state index contributed by atoms with van der Waals surface area (Å²) < 4.78 is 25.0. The first-order valence-electron chi connectivity index (χ1n) is 13.0. The minimum absolute atomic E-state index is 0.350. The molecule has 5 rings (SSSR count). The van der Waals surface area contributed by atoms with Gasteiger partial charge in [-0.25, -0.2) is 14.4 Å². The van der Waals surface area contributed by atoms with E-state index < -0.39 is 0 Å². The Kier molecular flexibility index (Phi) is 14.0. The third-order valence-electron chi connectivity index (χ3n) is 5.59. The van der Waals surface area contributed by atoms with Crippen LogP contribution in [-0.4, -0.2) is 59.7 Å². The van der Waals surface area contributed by atoms with Gasteiger partial charge in [0.2, 0.25) is 6.41 Å². The maximum absolute atomic E-state index is 14.0. The van der Waals surface area contributed by atoms with Crippen molar-refractivity contribution < 1.29 is 18.7 Å². The third kappa shape index (κ3) is 10.2. The third-order valence-corrected chi connectivity index (χ3v) is 6.08. The fourth-order valence-electron chi connectivity index (χ4n) is 3.45. The molecule has 1 aliphatic heterocycles. The average molecular weight is 615 g/mol. The lowest BCUT2D eigenvalue weighted by Gasteiger charge is -2.21. The molecule has 1 N–H and O–H groups in total. The van der Waals surface area contributed by atoms with Crippen molar-refractivity contribution in [2.75, 3.05) is 38.7 Å². The minimum atomic E-state index is -0.361. The van der Waals surface area contributed by atoms with Crippen LogP contribution < -0.4 is 10.1 Å². The first kappa shape index (κ1) is 32.6. The highest BCUT2D eigenvalue weighted by Crippen LogP contribution is 2.30. The predicted molar refractivity (Wildman–Crippen MR) is 162 cm³/mol. The fraction of sp³-hybridized carbons (Fsp3) is 0.333. The summed E-state index contributed by atoms with van der Waals surface area (Å²) in [5, 5.41) is 3.78. The quantitative estimate of drug-likeness (QED) is 0.253. The molecule has 0 atom stereocenters. The van der Waals surface area contributed by atoms with Crippen LogP contribution in [0.25, 0.3) is 10.9 Å². The van der Waals surface area contributed by atoms with Crippen molar-refractivity contribution in [1.29, 1.82) is 0 Å². The molecule has 4 aromatic rings. The zero-order valence-electron chi connectivity index (χ0n) is 23.9. The van der Waals surface area contributed by atoms with Gasteiger partial charge < -0.3 is 19.7 Å². The van der Waals surface area contributed by atoms with Crippen LogP contribution in [0.2, 0.25) is 0 Å². The van der Waals surface area contributed by atoms with Crippen LogP contribution in [-0.2, 0) is 9.53 Å². The Balaban J connectivity index is 0.000000254. The van der Waals surface area contributed by atoms with Crippen LogP contribution in [0.3, 0.4) is 0 Å². The van der Waals surface area contributed by atoms with Gasteiger partial charge in [-0.15, -0.1) is 0 Å². The SMILES string of the molecule is CC.COc1cc2c(Nc3ccc(Br)cc3F)ncnc2cc1C.Cc1ccc(C)nc1.O=CN1CCOCC1. The maximum atomic E-state index is 14.0. The van der Waals surface area contributed by atoms with Crippen molar-refractivity contribution in [1.82, 2.24) is 19.9 Å². The van der Waals surface area contributed by atoms with Crippen molar-refractivity contribution in [3.63, 3.8) is 0 Å². The number of hydrogen-bond donors (Lipinski definition) is 1. The Morgan fingerprint density at radius 3 is 2.30 bits per heavy atom. The molecule has 40 heavy (non-hydrogen) atoms. The second-order valence-electron chi connectivity index (χ2n) is 8.54. The number of nitrogens with one attached hydrogen (secondary N) is 1. The zero-order chi connectivity index (χ0) is 29.5. The number of rotatable bonds is 4. The highest BCUT2D eigenvalue weighted by Gasteiger charge is 2.10. The summed E-state index contributed by atoms with van der Waals surface area (Å²) in [7, 11) is 1.61. The average Bonchev–Trinajstić information content (AvgIpc) is 2.98. The van der Waals surface area contributed by atoms with Gasteiger partial charge in [0.1, 0.15) is 23.7 Å². The molecule has 0 unspecified atom stereocenters. The number of aryl methyl sites for hydroxylation is 3. The van der Waals surface area contributed by atoms with Gasteiger partial charge in [-0.1, -0.05) is 35.8 Å². The molecular weight excluding hydrogens is 577 g/mol. The van der Waals surface area contributed by atoms with E-state index in [1.165, 1.54) is 18.0 Å². The summed E-state index contributed by atoms with van der Waals surface area (Å²) in [5.41, 5.74) is 4.40. The molecule has 1 aliphatic rings. The van der Waals surface area contributed by atoms with Crippen molar-refractivity contribution in [3.8, 4) is 5.75 Å². The number of fused-ring (bicyclic) bond motifs is 1. The molecule has 0 saturated carbocycles. The number of carbonyl (C=O) groups excluding carboxylic acids is 1. The smallest absolute Gasteiger partial charge is 0.209 e. The van der Waals surface area contributed by atoms with Crippen molar-refractivity contribution in [2.24, 2.45) is 0 Å². The molecule has 0 radical (unpaired) electrons. The highest BCUT2D eigenvalue weighted by atomic mass is 79.9. The second kappa shape index (κ2) is 17.1. The molecule has 3 heterocycles. The van der Waals surface area contributed by atoms with E-state index in [0.717, 1.165) is 47.4 Å². The highest BCUT2D eigenvalue weighted by molar-refractivity contribution is 9.10. The van der Waals surface area contributed by atoms with Crippen molar-refractivity contribution >= 4 is 44.7 Å². The number of nitrogens with zero attached hydrogens (tertiary/aromatic N) is 4. The van der Waals surface area contributed by atoms with Gasteiger partial charge in [0.15, 0.2) is 0 Å². The Bertz CT molecular complexity index is 1330. The molecule has 10 heteroatoms. The minimum Gasteiger partial charge on any atom is -0.496 e. The van der Waals surface area contributed by atoms with Crippen LogP contribution in [0, 0.1) is 26.6 Å². The standard InChI is InChI=1S/C16H13BrFN3O.C7H9N.C5H9NO2.C2H6/c1-9-5-14-11(7-15(9)22-2)16(20-8-19-14)21-13-4-3-10(17)6-12(13)18;1-6-3-4-7(2)8-5-6;7-5-6-1-3-8-4-2-6;1-2/h3-8H,1-2H3,(H,19,20,21);3-5H,1-2H3;5H,1-4H2;1-2H3. The lowest BCUT2D eigenvalue weighted by molar-refractivity contribution is -0.121. The molecule has 0 bridgehead atoms.